The van der Waals surface area contributed by atoms with Crippen LogP contribution in [-0.4, -0.2) is 32.3 Å². The van der Waals surface area contributed by atoms with E-state index in [0.717, 1.165) is 16.5 Å². The highest BCUT2D eigenvalue weighted by atomic mass is 32.2. The number of rotatable bonds is 9. The lowest BCUT2D eigenvalue weighted by molar-refractivity contribution is -0.146. The van der Waals surface area contributed by atoms with E-state index < -0.39 is 25.7 Å². The average Bonchev–Trinajstić information content (AvgIpc) is 2.72. The summed E-state index contributed by atoms with van der Waals surface area (Å²) in [6.07, 6.45) is 0.672. The Morgan fingerprint density at radius 3 is 2.50 bits per heavy atom. The zero-order chi connectivity index (χ0) is 20.0. The molecule has 0 aliphatic heterocycles. The van der Waals surface area contributed by atoms with Crippen molar-refractivity contribution in [2.24, 2.45) is 5.92 Å². The Morgan fingerprint density at radius 2 is 1.79 bits per heavy atom. The van der Waals surface area contributed by atoms with Crippen LogP contribution in [0, 0.1) is 5.92 Å². The lowest BCUT2D eigenvalue weighted by Crippen LogP contribution is -2.40. The van der Waals surface area contributed by atoms with Crippen molar-refractivity contribution in [2.45, 2.75) is 23.2 Å². The second-order valence-electron chi connectivity index (χ2n) is 6.52. The van der Waals surface area contributed by atoms with Gasteiger partial charge in [0.05, 0.1) is 16.5 Å². The Labute approximate surface area is 169 Å². The van der Waals surface area contributed by atoms with Crippen LogP contribution in [0.15, 0.2) is 71.8 Å². The number of thioether (sulfide) groups is 1. The second-order valence-corrected chi connectivity index (χ2v) is 8.47. The lowest BCUT2D eigenvalue weighted by atomic mass is 9.94. The Balaban J connectivity index is 1.72. The number of hydrogen-bond donors (Lipinski definition) is 2. The molecule has 3 rings (SSSR count). The molecule has 2 aromatic carbocycles. The van der Waals surface area contributed by atoms with Gasteiger partial charge in [-0.25, -0.2) is 4.98 Å². The molecule has 1 aromatic heterocycles. The highest BCUT2D eigenvalue weighted by molar-refractivity contribution is 7.99. The molecule has 0 saturated heterocycles. The third-order valence-electron chi connectivity index (χ3n) is 4.58. The Hall–Kier alpha value is -2.27. The number of carboxylic acid groups (broad SMARTS) is 1. The zero-order valence-corrected chi connectivity index (χ0v) is 16.8. The number of carbonyl (C=O) groups is 1. The van der Waals surface area contributed by atoms with E-state index in [0.29, 0.717) is 11.4 Å². The highest BCUT2D eigenvalue weighted by Gasteiger charge is 2.42. The Kier molecular flexibility index (Phi) is 6.79. The van der Waals surface area contributed by atoms with Gasteiger partial charge in [0.25, 0.3) is 0 Å². The van der Waals surface area contributed by atoms with Gasteiger partial charge in [-0.2, -0.15) is 0 Å². The summed E-state index contributed by atoms with van der Waals surface area (Å²) in [7, 11) is -0.603. The van der Waals surface area contributed by atoms with Gasteiger partial charge in [0.2, 0.25) is 0 Å². The van der Waals surface area contributed by atoms with E-state index in [4.69, 9.17) is 0 Å². The van der Waals surface area contributed by atoms with E-state index in [2.05, 4.69) is 4.98 Å². The number of aliphatic carboxylic acids is 1. The molecule has 0 fully saturated rings. The summed E-state index contributed by atoms with van der Waals surface area (Å²) >= 11 is 1.20. The third-order valence-corrected chi connectivity index (χ3v) is 6.69. The van der Waals surface area contributed by atoms with Crippen LogP contribution in [-0.2, 0) is 15.8 Å². The van der Waals surface area contributed by atoms with E-state index >= 15 is 0 Å². The van der Waals surface area contributed by atoms with E-state index in [1.807, 2.05) is 66.7 Å². The molecular weight excluding hydrogens is 393 g/mol. The number of aliphatic hydroxyl groups is 1. The molecule has 28 heavy (non-hydrogen) atoms. The van der Waals surface area contributed by atoms with Crippen molar-refractivity contribution in [3.05, 3.63) is 72.3 Å². The predicted octanol–water partition coefficient (Wildman–Crippen LogP) is 4.64. The molecule has 0 aliphatic rings. The molecule has 0 amide bonds. The van der Waals surface area contributed by atoms with Crippen molar-refractivity contribution < 1.29 is 19.6 Å². The molecule has 144 valence electrons. The molecule has 0 radical (unpaired) electrons. The molecule has 7 heteroatoms. The normalized spacial score (nSPS) is 14.6. The Bertz CT molecular complexity index is 969. The summed E-state index contributed by atoms with van der Waals surface area (Å²) in [5, 5.41) is 20.2. The SMILES string of the molecule is O=PC(O)(CSc1ccc2ccccc2n1)C(CCc1ccccc1)C(=O)O. The van der Waals surface area contributed by atoms with E-state index in [-0.39, 0.29) is 12.2 Å². The summed E-state index contributed by atoms with van der Waals surface area (Å²) in [4.78, 5) is 16.3. The molecular formula is C21H20NO4PS. The minimum atomic E-state index is -1.88. The van der Waals surface area contributed by atoms with Gasteiger partial charge in [0.15, 0.2) is 13.8 Å². The number of nitrogens with zero attached hydrogens (tertiary/aromatic N) is 1. The van der Waals surface area contributed by atoms with Crippen molar-refractivity contribution in [1.29, 1.82) is 0 Å². The molecule has 0 spiro atoms. The van der Waals surface area contributed by atoms with Crippen molar-refractivity contribution in [3.63, 3.8) is 0 Å². The molecule has 0 aliphatic carbocycles. The third kappa shape index (κ3) is 4.96. The minimum Gasteiger partial charge on any atom is -0.481 e. The first-order valence-corrected chi connectivity index (χ1v) is 10.6. The molecule has 1 heterocycles. The van der Waals surface area contributed by atoms with Crippen molar-refractivity contribution in [3.8, 4) is 0 Å². The summed E-state index contributed by atoms with van der Waals surface area (Å²) in [5.41, 5.74) is 1.79. The van der Waals surface area contributed by atoms with E-state index in [9.17, 15) is 19.6 Å². The van der Waals surface area contributed by atoms with Gasteiger partial charge >= 0.3 is 5.97 Å². The largest absolute Gasteiger partial charge is 0.481 e. The maximum absolute atomic E-state index is 11.8. The van der Waals surface area contributed by atoms with Crippen LogP contribution < -0.4 is 0 Å². The standard InChI is InChI=1S/C21H20NO4PS/c23-20(24)17(12-10-15-6-2-1-3-7-15)21(25,27-26)14-28-19-13-11-16-8-4-5-9-18(16)22-19/h1-9,11,13,17,25H,10,12,14H2,(H,23,24). The number of aromatic nitrogens is 1. The van der Waals surface area contributed by atoms with Gasteiger partial charge in [-0.3, -0.25) is 9.36 Å². The Morgan fingerprint density at radius 1 is 1.07 bits per heavy atom. The highest BCUT2D eigenvalue weighted by Crippen LogP contribution is 2.37. The number of aryl methyl sites for hydroxylation is 1. The molecule has 0 bridgehead atoms. The number of pyridine rings is 1. The van der Waals surface area contributed by atoms with Crippen molar-refractivity contribution in [2.75, 3.05) is 5.75 Å². The van der Waals surface area contributed by atoms with Gasteiger partial charge in [0, 0.05) is 11.1 Å². The fourth-order valence-corrected chi connectivity index (χ4v) is 4.67. The van der Waals surface area contributed by atoms with Gasteiger partial charge in [-0.15, -0.1) is 11.8 Å². The van der Waals surface area contributed by atoms with Crippen molar-refractivity contribution >= 4 is 37.1 Å². The predicted molar refractivity (Wildman–Crippen MR) is 111 cm³/mol. The van der Waals surface area contributed by atoms with Crippen LogP contribution in [0.4, 0.5) is 0 Å². The molecule has 2 atom stereocenters. The molecule has 2 unspecified atom stereocenters. The maximum Gasteiger partial charge on any atom is 0.310 e. The van der Waals surface area contributed by atoms with Gasteiger partial charge < -0.3 is 10.2 Å². The lowest BCUT2D eigenvalue weighted by Gasteiger charge is -2.27. The van der Waals surface area contributed by atoms with Crippen LogP contribution in [0.1, 0.15) is 12.0 Å². The number of para-hydroxylation sites is 1. The maximum atomic E-state index is 11.8. The fourth-order valence-electron chi connectivity index (χ4n) is 3.01. The fraction of sp³-hybridized carbons (Fsp3) is 0.238. The van der Waals surface area contributed by atoms with Crippen LogP contribution in [0.25, 0.3) is 10.9 Å². The first-order valence-electron chi connectivity index (χ1n) is 8.84. The molecule has 3 aromatic rings. The van der Waals surface area contributed by atoms with Crippen molar-refractivity contribution in [1.82, 2.24) is 4.98 Å². The van der Waals surface area contributed by atoms with Crippen LogP contribution in [0.5, 0.6) is 0 Å². The van der Waals surface area contributed by atoms with Crippen LogP contribution >= 0.6 is 20.2 Å². The number of hydrogen-bond acceptors (Lipinski definition) is 5. The van der Waals surface area contributed by atoms with E-state index in [1.165, 1.54) is 11.8 Å². The molecule has 5 nitrogen and oxygen atoms in total. The summed E-state index contributed by atoms with van der Waals surface area (Å²) in [5.74, 6) is -2.34. The number of fused-ring (bicyclic) bond motifs is 1. The van der Waals surface area contributed by atoms with E-state index in [1.54, 1.807) is 0 Å². The minimum absolute atomic E-state index is 0.0326. The number of benzene rings is 2. The molecule has 2 N–H and O–H groups in total. The number of carboxylic acids is 1. The van der Waals surface area contributed by atoms with Crippen LogP contribution in [0.3, 0.4) is 0 Å². The second kappa shape index (κ2) is 9.28. The summed E-state index contributed by atoms with van der Waals surface area (Å²) < 4.78 is 11.8. The molecule has 0 saturated carbocycles. The van der Waals surface area contributed by atoms with Gasteiger partial charge in [-0.05, 0) is 30.5 Å². The first kappa shape index (κ1) is 20.5. The van der Waals surface area contributed by atoms with Gasteiger partial charge in [-0.1, -0.05) is 54.6 Å². The van der Waals surface area contributed by atoms with Gasteiger partial charge in [0.1, 0.15) is 0 Å². The average molecular weight is 413 g/mol. The monoisotopic (exact) mass is 413 g/mol. The summed E-state index contributed by atoms with van der Waals surface area (Å²) in [6.45, 7) is 0. The first-order chi connectivity index (χ1) is 13.5. The smallest absolute Gasteiger partial charge is 0.310 e. The summed E-state index contributed by atoms with van der Waals surface area (Å²) in [6, 6.07) is 20.8. The zero-order valence-electron chi connectivity index (χ0n) is 15.1. The quantitative estimate of drug-likeness (QED) is 0.393. The van der Waals surface area contributed by atoms with Crippen LogP contribution in [0.2, 0.25) is 0 Å². The topological polar surface area (TPSA) is 87.5 Å².